The molecule has 0 amide bonds. The summed E-state index contributed by atoms with van der Waals surface area (Å²) in [4.78, 5) is 25.1. The molecule has 0 fully saturated rings. The number of halogens is 1. The second-order valence-corrected chi connectivity index (χ2v) is 5.92. The summed E-state index contributed by atoms with van der Waals surface area (Å²) in [5, 5.41) is 0. The van der Waals surface area contributed by atoms with Gasteiger partial charge in [-0.2, -0.15) is 0 Å². The first-order valence-electron chi connectivity index (χ1n) is 4.21. The van der Waals surface area contributed by atoms with Crippen LogP contribution in [0.15, 0.2) is 16.3 Å². The molecular weight excluding hydrogens is 297 g/mol. The number of carbonyl (C=O) groups excluding carboxylic acids is 2. The molecule has 0 aromatic heterocycles. The van der Waals surface area contributed by atoms with Gasteiger partial charge in [-0.1, -0.05) is 0 Å². The quantitative estimate of drug-likeness (QED) is 0.188. The van der Waals surface area contributed by atoms with Crippen molar-refractivity contribution in [2.24, 2.45) is 4.99 Å². The Bertz CT molecular complexity index is 305. The number of methoxy groups -OCH3 is 1. The molecule has 1 aliphatic heterocycles. The zero-order valence-corrected chi connectivity index (χ0v) is 10.0. The van der Waals surface area contributed by atoms with E-state index < -0.39 is 0 Å². The van der Waals surface area contributed by atoms with Gasteiger partial charge in [-0.15, -0.1) is 0 Å². The molecule has 14 heavy (non-hydrogen) atoms. The van der Waals surface area contributed by atoms with Crippen molar-refractivity contribution >= 4 is 12.0 Å². The van der Waals surface area contributed by atoms with E-state index in [9.17, 15) is 9.59 Å². The van der Waals surface area contributed by atoms with Crippen LogP contribution in [0.25, 0.3) is 0 Å². The van der Waals surface area contributed by atoms with Crippen molar-refractivity contribution in [1.82, 2.24) is 0 Å². The Morgan fingerprint density at radius 1 is 1.50 bits per heavy atom. The molecule has 1 aliphatic rings. The molecule has 78 valence electrons. The van der Waals surface area contributed by atoms with Crippen molar-refractivity contribution in [1.29, 1.82) is 0 Å². The number of isocyanates is 1. The van der Waals surface area contributed by atoms with E-state index in [-0.39, 0.29) is 27.2 Å². The van der Waals surface area contributed by atoms with Crippen molar-refractivity contribution in [3.05, 3.63) is 11.3 Å². The fraction of sp³-hybridized carbons (Fsp3) is 0.556. The molecule has 0 aromatic carbocycles. The van der Waals surface area contributed by atoms with Crippen LogP contribution in [0, 0.1) is 0 Å². The first-order valence-corrected chi connectivity index (χ1v) is 7.26. The van der Waals surface area contributed by atoms with Crippen molar-refractivity contribution in [2.45, 2.75) is 12.8 Å². The van der Waals surface area contributed by atoms with E-state index in [1.54, 1.807) is 0 Å². The number of aliphatic imine (C=N–C) groups is 1. The number of esters is 1. The van der Waals surface area contributed by atoms with Gasteiger partial charge in [0.25, 0.3) is 0 Å². The topological polar surface area (TPSA) is 55.7 Å². The molecule has 0 spiro atoms. The van der Waals surface area contributed by atoms with E-state index in [2.05, 4.69) is 9.73 Å². The van der Waals surface area contributed by atoms with Crippen LogP contribution in [0.3, 0.4) is 0 Å². The van der Waals surface area contributed by atoms with Gasteiger partial charge in [0, 0.05) is 0 Å². The van der Waals surface area contributed by atoms with Crippen molar-refractivity contribution in [3.8, 4) is 0 Å². The van der Waals surface area contributed by atoms with Crippen LogP contribution in [0.4, 0.5) is 0 Å². The second-order valence-electron chi connectivity index (χ2n) is 2.69. The summed E-state index contributed by atoms with van der Waals surface area (Å²) >= 11 is 0.151. The van der Waals surface area contributed by atoms with Crippen molar-refractivity contribution < 1.29 is 35.5 Å². The summed E-state index contributed by atoms with van der Waals surface area (Å²) in [5.41, 5.74) is 1.14. The first-order chi connectivity index (χ1) is 6.79. The zero-order chi connectivity index (χ0) is 10.4. The van der Waals surface area contributed by atoms with Gasteiger partial charge in [0.05, 0.1) is 0 Å². The maximum atomic E-state index is 11.3. The van der Waals surface area contributed by atoms with Crippen LogP contribution < -0.4 is 21.2 Å². The van der Waals surface area contributed by atoms with Gasteiger partial charge in [0.1, 0.15) is 0 Å². The summed E-state index contributed by atoms with van der Waals surface area (Å²) in [6, 6.07) is 0. The Kier molecular flexibility index (Phi) is 4.82. The molecule has 0 aliphatic carbocycles. The van der Waals surface area contributed by atoms with Crippen LogP contribution in [0.1, 0.15) is 12.8 Å². The van der Waals surface area contributed by atoms with Crippen LogP contribution in [0.5, 0.6) is 0 Å². The summed E-state index contributed by atoms with van der Waals surface area (Å²) in [5.74, 6) is -0.357. The predicted molar refractivity (Wildman–Crippen MR) is 46.1 cm³/mol. The van der Waals surface area contributed by atoms with Gasteiger partial charge in [-0.25, -0.2) is 0 Å². The maximum absolute atomic E-state index is 11.3. The van der Waals surface area contributed by atoms with E-state index in [4.69, 9.17) is 0 Å². The molecule has 0 atom stereocenters. The molecule has 0 saturated heterocycles. The van der Waals surface area contributed by atoms with E-state index in [0.29, 0.717) is 24.1 Å². The summed E-state index contributed by atoms with van der Waals surface area (Å²) in [6.07, 6.45) is 2.91. The molecule has 4 nitrogen and oxygen atoms in total. The third-order valence-electron chi connectivity index (χ3n) is 1.90. The fourth-order valence-electron chi connectivity index (χ4n) is 1.23. The molecule has 0 unspecified atom stereocenters. The Labute approximate surface area is 92.7 Å². The Morgan fingerprint density at radius 3 is 2.86 bits per heavy atom. The molecule has 0 radical (unpaired) electrons. The van der Waals surface area contributed by atoms with Gasteiger partial charge < -0.3 is 0 Å². The molecule has 0 saturated carbocycles. The minimum atomic E-state index is -0.357. The number of allylic oxidation sites excluding steroid dienone is 1. The standard InChI is InChI=1S/C9H11INO3/c1-14-9(13)7-2-4-10-5-3-8(7)11-6-12/h2-5H2,1H3/q-1. The van der Waals surface area contributed by atoms with E-state index >= 15 is 0 Å². The monoisotopic (exact) mass is 308 g/mol. The number of nitrogens with zero attached hydrogens (tertiary/aromatic N) is 1. The number of alkyl halides is 2. The molecule has 1 heterocycles. The van der Waals surface area contributed by atoms with E-state index in [1.165, 1.54) is 13.2 Å². The van der Waals surface area contributed by atoms with Crippen LogP contribution >= 0.6 is 0 Å². The number of rotatable bonds is 2. The second kappa shape index (κ2) is 5.93. The SMILES string of the molecule is COC(=O)C1=C(N=C=O)CC[I-]CC1. The minimum absolute atomic E-state index is 0.151. The van der Waals surface area contributed by atoms with Crippen LogP contribution in [-0.2, 0) is 14.3 Å². The third kappa shape index (κ3) is 2.92. The first kappa shape index (κ1) is 11.4. The normalized spacial score (nSPS) is 17.5. The molecule has 0 N–H and O–H groups in total. The van der Waals surface area contributed by atoms with Crippen LogP contribution in [0.2, 0.25) is 0 Å². The Morgan fingerprint density at radius 2 is 2.21 bits per heavy atom. The van der Waals surface area contributed by atoms with Gasteiger partial charge in [0.15, 0.2) is 0 Å². The fourth-order valence-corrected chi connectivity index (χ4v) is 3.58. The molecular formula is C9H11INO3-. The third-order valence-corrected chi connectivity index (χ3v) is 4.51. The van der Waals surface area contributed by atoms with Gasteiger partial charge in [-0.05, 0) is 0 Å². The number of ether oxygens (including phenoxy) is 1. The van der Waals surface area contributed by atoms with Crippen molar-refractivity contribution in [2.75, 3.05) is 16.0 Å². The molecule has 0 bridgehead atoms. The average Bonchev–Trinajstić information content (AvgIpc) is 2.43. The molecule has 1 rings (SSSR count). The molecule has 5 heteroatoms. The summed E-state index contributed by atoms with van der Waals surface area (Å²) in [6.45, 7) is 0. The van der Waals surface area contributed by atoms with E-state index in [0.717, 1.165) is 8.86 Å². The summed E-state index contributed by atoms with van der Waals surface area (Å²) < 4.78 is 6.77. The van der Waals surface area contributed by atoms with Gasteiger partial charge in [0.2, 0.25) is 0 Å². The summed E-state index contributed by atoms with van der Waals surface area (Å²) in [7, 11) is 1.34. The molecule has 0 aromatic rings. The number of hydrogen-bond acceptors (Lipinski definition) is 4. The number of carbonyl (C=O) groups is 1. The average molecular weight is 308 g/mol. The van der Waals surface area contributed by atoms with E-state index in [1.807, 2.05) is 0 Å². The van der Waals surface area contributed by atoms with Crippen molar-refractivity contribution in [3.63, 3.8) is 0 Å². The predicted octanol–water partition coefficient (Wildman–Crippen LogP) is -2.37. The Balaban J connectivity index is 2.97. The number of hydrogen-bond donors (Lipinski definition) is 0. The van der Waals surface area contributed by atoms with Gasteiger partial charge >= 0.3 is 92.6 Å². The Hall–Kier alpha value is -0.680. The van der Waals surface area contributed by atoms with Gasteiger partial charge in [-0.3, -0.25) is 0 Å². The van der Waals surface area contributed by atoms with Crippen LogP contribution in [-0.4, -0.2) is 28.0 Å². The zero-order valence-electron chi connectivity index (χ0n) is 7.88.